The van der Waals surface area contributed by atoms with Crippen LogP contribution in [0, 0.1) is 6.92 Å². The maximum absolute atomic E-state index is 11.6. The van der Waals surface area contributed by atoms with Crippen LogP contribution in [0.3, 0.4) is 0 Å². The molecule has 0 heterocycles. The van der Waals surface area contributed by atoms with Crippen LogP contribution < -0.4 is 5.32 Å². The summed E-state index contributed by atoms with van der Waals surface area (Å²) in [6, 6.07) is 15.6. The van der Waals surface area contributed by atoms with Crippen molar-refractivity contribution in [2.24, 2.45) is 0 Å². The minimum Gasteiger partial charge on any atom is -0.478 e. The monoisotopic (exact) mass is 429 g/mol. The van der Waals surface area contributed by atoms with Crippen LogP contribution in [-0.4, -0.2) is 22.2 Å². The molecule has 0 spiro atoms. The van der Waals surface area contributed by atoms with Crippen molar-refractivity contribution < 1.29 is 19.8 Å². The van der Waals surface area contributed by atoms with Crippen LogP contribution in [0.25, 0.3) is 11.1 Å². The van der Waals surface area contributed by atoms with Crippen molar-refractivity contribution in [1.82, 2.24) is 0 Å². The van der Waals surface area contributed by atoms with Gasteiger partial charge in [-0.2, -0.15) is 0 Å². The van der Waals surface area contributed by atoms with Crippen LogP contribution in [0.5, 0.6) is 0 Å². The molecule has 0 aromatic heterocycles. The number of hydrogen-bond donors (Lipinski definition) is 3. The Bertz CT molecular complexity index is 1080. The van der Waals surface area contributed by atoms with Gasteiger partial charge < -0.3 is 15.5 Å². The van der Waals surface area contributed by atoms with Gasteiger partial charge in [0, 0.05) is 17.8 Å². The first-order valence-electron chi connectivity index (χ1n) is 8.66. The SMILES string of the molecule is Cc1c(C(=O)O)cc(-c2ccccc2NCc2ccc(Cl)c(Cl)c2)cc1C(=O)O. The Balaban J connectivity index is 2.01. The standard InChI is InChI=1S/C22H17Cl2NO4/c1-12-16(21(26)27)9-14(10-17(12)22(28)29)15-4-2-3-5-20(15)25-11-13-6-7-18(23)19(24)8-13/h2-10,25H,11H2,1H3,(H,26,27)(H,28,29). The van der Waals surface area contributed by atoms with E-state index in [9.17, 15) is 19.8 Å². The van der Waals surface area contributed by atoms with E-state index in [4.69, 9.17) is 23.2 Å². The zero-order valence-corrected chi connectivity index (χ0v) is 16.9. The molecule has 0 unspecified atom stereocenters. The first kappa shape index (κ1) is 20.7. The Morgan fingerprint density at radius 3 is 2.10 bits per heavy atom. The third-order valence-corrected chi connectivity index (χ3v) is 5.31. The molecule has 0 radical (unpaired) electrons. The first-order chi connectivity index (χ1) is 13.8. The molecule has 0 saturated carbocycles. The van der Waals surface area contributed by atoms with Crippen LogP contribution in [0.4, 0.5) is 5.69 Å². The van der Waals surface area contributed by atoms with Crippen molar-refractivity contribution in [2.75, 3.05) is 5.32 Å². The molecule has 7 heteroatoms. The van der Waals surface area contributed by atoms with E-state index in [2.05, 4.69) is 5.32 Å². The fourth-order valence-electron chi connectivity index (χ4n) is 3.05. The number of rotatable bonds is 6. The number of anilines is 1. The Labute approximate surface area is 177 Å². The van der Waals surface area contributed by atoms with Gasteiger partial charge in [-0.05, 0) is 53.9 Å². The Kier molecular flexibility index (Phi) is 6.11. The lowest BCUT2D eigenvalue weighted by Crippen LogP contribution is -2.08. The minimum atomic E-state index is -1.17. The van der Waals surface area contributed by atoms with Gasteiger partial charge in [-0.3, -0.25) is 0 Å². The molecule has 0 atom stereocenters. The van der Waals surface area contributed by atoms with Gasteiger partial charge in [0.15, 0.2) is 0 Å². The Morgan fingerprint density at radius 1 is 0.897 bits per heavy atom. The lowest BCUT2D eigenvalue weighted by atomic mass is 9.94. The summed E-state index contributed by atoms with van der Waals surface area (Å²) in [5.74, 6) is -2.35. The highest BCUT2D eigenvalue weighted by molar-refractivity contribution is 6.42. The molecule has 5 nitrogen and oxygen atoms in total. The average Bonchev–Trinajstić information content (AvgIpc) is 2.69. The number of nitrogens with one attached hydrogen (secondary N) is 1. The van der Waals surface area contributed by atoms with Gasteiger partial charge in [0.05, 0.1) is 21.2 Å². The second kappa shape index (κ2) is 8.55. The molecule has 0 aliphatic heterocycles. The summed E-state index contributed by atoms with van der Waals surface area (Å²) in [6.07, 6.45) is 0. The second-order valence-electron chi connectivity index (χ2n) is 6.45. The highest BCUT2D eigenvalue weighted by Crippen LogP contribution is 2.32. The summed E-state index contributed by atoms with van der Waals surface area (Å²) < 4.78 is 0. The number of carboxylic acids is 2. The minimum absolute atomic E-state index is 0.0424. The number of aromatic carboxylic acids is 2. The lowest BCUT2D eigenvalue weighted by Gasteiger charge is -2.15. The number of hydrogen-bond acceptors (Lipinski definition) is 3. The molecule has 148 valence electrons. The molecule has 3 N–H and O–H groups in total. The normalized spacial score (nSPS) is 10.6. The predicted octanol–water partition coefficient (Wildman–Crippen LogP) is 5.98. The third-order valence-electron chi connectivity index (χ3n) is 4.57. The molecule has 29 heavy (non-hydrogen) atoms. The molecular formula is C22H17Cl2NO4. The van der Waals surface area contributed by atoms with E-state index in [0.29, 0.717) is 27.7 Å². The van der Waals surface area contributed by atoms with Gasteiger partial charge in [-0.1, -0.05) is 47.5 Å². The van der Waals surface area contributed by atoms with E-state index < -0.39 is 11.9 Å². The number of para-hydroxylation sites is 1. The highest BCUT2D eigenvalue weighted by atomic mass is 35.5. The third kappa shape index (κ3) is 4.53. The number of halogens is 2. The van der Waals surface area contributed by atoms with E-state index in [1.54, 1.807) is 24.3 Å². The molecule has 3 aromatic carbocycles. The molecule has 0 amide bonds. The summed E-state index contributed by atoms with van der Waals surface area (Å²) in [4.78, 5) is 23.2. The fraction of sp³-hybridized carbons (Fsp3) is 0.0909. The van der Waals surface area contributed by atoms with Crippen LogP contribution in [-0.2, 0) is 6.54 Å². The number of carbonyl (C=O) groups is 2. The van der Waals surface area contributed by atoms with Crippen LogP contribution >= 0.6 is 23.2 Å². The number of carboxylic acid groups (broad SMARTS) is 2. The van der Waals surface area contributed by atoms with Crippen molar-refractivity contribution >= 4 is 40.8 Å². The molecule has 3 aromatic rings. The molecule has 3 rings (SSSR count). The molecule has 0 fully saturated rings. The molecule has 0 aliphatic carbocycles. The van der Waals surface area contributed by atoms with E-state index in [0.717, 1.165) is 11.3 Å². The van der Waals surface area contributed by atoms with Crippen molar-refractivity contribution in [2.45, 2.75) is 13.5 Å². The summed E-state index contributed by atoms with van der Waals surface area (Å²) in [5, 5.41) is 23.2. The van der Waals surface area contributed by atoms with Gasteiger partial charge >= 0.3 is 11.9 Å². The van der Waals surface area contributed by atoms with Gasteiger partial charge in [0.2, 0.25) is 0 Å². The maximum Gasteiger partial charge on any atom is 0.335 e. The van der Waals surface area contributed by atoms with Crippen LogP contribution in [0.2, 0.25) is 10.0 Å². The van der Waals surface area contributed by atoms with Crippen molar-refractivity contribution in [3.05, 3.63) is 86.9 Å². The second-order valence-corrected chi connectivity index (χ2v) is 7.27. The van der Waals surface area contributed by atoms with E-state index in [1.807, 2.05) is 18.2 Å². The number of benzene rings is 3. The molecule has 0 bridgehead atoms. The summed E-state index contributed by atoms with van der Waals surface area (Å²) in [5.41, 5.74) is 2.97. The van der Waals surface area contributed by atoms with Crippen molar-refractivity contribution in [3.8, 4) is 11.1 Å². The predicted molar refractivity (Wildman–Crippen MR) is 114 cm³/mol. The topological polar surface area (TPSA) is 86.6 Å². The fourth-order valence-corrected chi connectivity index (χ4v) is 3.37. The summed E-state index contributed by atoms with van der Waals surface area (Å²) in [7, 11) is 0. The highest BCUT2D eigenvalue weighted by Gasteiger charge is 2.18. The Hall–Kier alpha value is -3.02. The van der Waals surface area contributed by atoms with Gasteiger partial charge in [0.1, 0.15) is 0 Å². The van der Waals surface area contributed by atoms with Crippen molar-refractivity contribution in [1.29, 1.82) is 0 Å². The zero-order valence-electron chi connectivity index (χ0n) is 15.4. The van der Waals surface area contributed by atoms with E-state index in [-0.39, 0.29) is 16.7 Å². The summed E-state index contributed by atoms with van der Waals surface area (Å²) >= 11 is 12.0. The average molecular weight is 430 g/mol. The van der Waals surface area contributed by atoms with E-state index in [1.165, 1.54) is 19.1 Å². The van der Waals surface area contributed by atoms with Gasteiger partial charge in [0.25, 0.3) is 0 Å². The molecule has 0 saturated heterocycles. The smallest absolute Gasteiger partial charge is 0.335 e. The largest absolute Gasteiger partial charge is 0.478 e. The van der Waals surface area contributed by atoms with Gasteiger partial charge in [-0.25, -0.2) is 9.59 Å². The van der Waals surface area contributed by atoms with Crippen LogP contribution in [0.1, 0.15) is 31.8 Å². The Morgan fingerprint density at radius 2 is 1.52 bits per heavy atom. The quantitative estimate of drug-likeness (QED) is 0.448. The molecular weight excluding hydrogens is 413 g/mol. The molecule has 0 aliphatic rings. The summed E-state index contributed by atoms with van der Waals surface area (Å²) in [6.45, 7) is 1.95. The zero-order chi connectivity index (χ0) is 21.1. The first-order valence-corrected chi connectivity index (χ1v) is 9.42. The van der Waals surface area contributed by atoms with Gasteiger partial charge in [-0.15, -0.1) is 0 Å². The van der Waals surface area contributed by atoms with E-state index >= 15 is 0 Å². The maximum atomic E-state index is 11.6. The lowest BCUT2D eigenvalue weighted by molar-refractivity contribution is 0.0696. The van der Waals surface area contributed by atoms with Crippen LogP contribution in [0.15, 0.2) is 54.6 Å². The van der Waals surface area contributed by atoms with Crippen molar-refractivity contribution in [3.63, 3.8) is 0 Å².